The Morgan fingerprint density at radius 3 is 1.14 bits per heavy atom. The zero-order chi connectivity index (χ0) is 42.1. The van der Waals surface area contributed by atoms with Crippen molar-refractivity contribution in [3.8, 4) is 0 Å². The molecule has 0 aliphatic rings. The van der Waals surface area contributed by atoms with E-state index in [9.17, 15) is 14.4 Å². The van der Waals surface area contributed by atoms with Gasteiger partial charge < -0.3 is 19.1 Å². The maximum absolute atomic E-state index is 12.8. The fraction of sp³-hybridized carbons (Fsp3) is 0.939. The van der Waals surface area contributed by atoms with Crippen molar-refractivity contribution in [2.24, 2.45) is 35.5 Å². The van der Waals surface area contributed by atoms with E-state index in [2.05, 4.69) is 81.2 Å². The minimum absolute atomic E-state index is 0.0173. The zero-order valence-corrected chi connectivity index (χ0v) is 39.1. The van der Waals surface area contributed by atoms with Crippen LogP contribution in [-0.4, -0.2) is 61.8 Å². The molecule has 0 aromatic heterocycles. The van der Waals surface area contributed by atoms with Crippen LogP contribution in [0.5, 0.6) is 0 Å². The van der Waals surface area contributed by atoms with Gasteiger partial charge >= 0.3 is 17.9 Å². The van der Waals surface area contributed by atoms with Crippen molar-refractivity contribution in [1.29, 1.82) is 0 Å². The number of rotatable bonds is 38. The lowest BCUT2D eigenvalue weighted by atomic mass is 9.89. The Morgan fingerprint density at radius 1 is 0.429 bits per heavy atom. The van der Waals surface area contributed by atoms with E-state index in [1.165, 1.54) is 38.5 Å². The molecule has 0 fully saturated rings. The molecule has 0 radical (unpaired) electrons. The zero-order valence-electron chi connectivity index (χ0n) is 39.1. The lowest BCUT2D eigenvalue weighted by molar-refractivity contribution is -0.150. The van der Waals surface area contributed by atoms with Gasteiger partial charge in [-0.05, 0) is 121 Å². The van der Waals surface area contributed by atoms with Gasteiger partial charge in [0.1, 0.15) is 6.10 Å². The van der Waals surface area contributed by atoms with Crippen LogP contribution in [0.3, 0.4) is 0 Å². The molecule has 2 atom stereocenters. The van der Waals surface area contributed by atoms with E-state index in [-0.39, 0.29) is 24.0 Å². The van der Waals surface area contributed by atoms with Crippen molar-refractivity contribution >= 4 is 17.9 Å². The summed E-state index contributed by atoms with van der Waals surface area (Å²) in [7, 11) is 2.11. The highest BCUT2D eigenvalue weighted by atomic mass is 16.5. The molecular formula is C49H95NO6. The minimum Gasteiger partial charge on any atom is -0.465 e. The highest BCUT2D eigenvalue weighted by Gasteiger charge is 2.18. The molecule has 0 aliphatic heterocycles. The second-order valence-corrected chi connectivity index (χ2v) is 19.1. The van der Waals surface area contributed by atoms with Crippen molar-refractivity contribution in [3.05, 3.63) is 0 Å². The van der Waals surface area contributed by atoms with E-state index in [1.54, 1.807) is 0 Å². The molecule has 7 heteroatoms. The third-order valence-electron chi connectivity index (χ3n) is 11.9. The first-order valence-electron chi connectivity index (χ1n) is 23.8. The number of unbranched alkanes of at least 4 members (excludes halogenated alkanes) is 12. The average Bonchev–Trinajstić information content (AvgIpc) is 3.12. The van der Waals surface area contributed by atoms with E-state index >= 15 is 0 Å². The molecule has 0 spiro atoms. The number of carbonyl (C=O) groups is 3. The molecule has 332 valence electrons. The van der Waals surface area contributed by atoms with Crippen molar-refractivity contribution in [1.82, 2.24) is 4.90 Å². The summed E-state index contributed by atoms with van der Waals surface area (Å²) < 4.78 is 17.4. The van der Waals surface area contributed by atoms with Crippen molar-refractivity contribution in [2.45, 2.75) is 235 Å². The van der Waals surface area contributed by atoms with E-state index in [4.69, 9.17) is 14.2 Å². The highest BCUT2D eigenvalue weighted by Crippen LogP contribution is 2.23. The van der Waals surface area contributed by atoms with Gasteiger partial charge in [-0.2, -0.15) is 0 Å². The fourth-order valence-electron chi connectivity index (χ4n) is 7.15. The summed E-state index contributed by atoms with van der Waals surface area (Å²) in [5.41, 5.74) is 0. The van der Waals surface area contributed by atoms with E-state index in [1.807, 2.05) is 0 Å². The summed E-state index contributed by atoms with van der Waals surface area (Å²) >= 11 is 0. The number of nitrogens with zero attached hydrogens (tertiary/aromatic N) is 1. The van der Waals surface area contributed by atoms with Crippen molar-refractivity contribution in [3.63, 3.8) is 0 Å². The standard InChI is InChI=1S/C49H95NO6/c1-39(2)32-34-44(41(5)6)37-54-47(51)29-24-20-16-12-14-18-22-27-46(56-49(53)31-26-36-50(11)43(9)10)28-23-19-15-13-17-21-25-30-48(52)55-38-45(42(7)8)35-33-40(3)4/h39-46H,12-38H2,1-11H3. The fourth-order valence-corrected chi connectivity index (χ4v) is 7.15. The molecule has 0 aromatic carbocycles. The van der Waals surface area contributed by atoms with Crippen LogP contribution in [0.4, 0.5) is 0 Å². The van der Waals surface area contributed by atoms with E-state index < -0.39 is 0 Å². The van der Waals surface area contributed by atoms with E-state index in [0.717, 1.165) is 103 Å². The quantitative estimate of drug-likeness (QED) is 0.0350. The van der Waals surface area contributed by atoms with Gasteiger partial charge in [-0.1, -0.05) is 132 Å². The number of ether oxygens (including phenoxy) is 3. The van der Waals surface area contributed by atoms with Crippen LogP contribution in [0, 0.1) is 35.5 Å². The molecule has 0 bridgehead atoms. The molecule has 56 heavy (non-hydrogen) atoms. The van der Waals surface area contributed by atoms with Gasteiger partial charge in [0.15, 0.2) is 0 Å². The lowest BCUT2D eigenvalue weighted by Gasteiger charge is -2.21. The van der Waals surface area contributed by atoms with Crippen LogP contribution >= 0.6 is 0 Å². The van der Waals surface area contributed by atoms with Crippen molar-refractivity contribution < 1.29 is 28.6 Å². The summed E-state index contributed by atoms with van der Waals surface area (Å²) in [5.74, 6) is 3.24. The molecular weight excluding hydrogens is 699 g/mol. The Kier molecular flexibility index (Phi) is 34.3. The molecule has 0 saturated heterocycles. The number of hydrogen-bond donors (Lipinski definition) is 0. The molecule has 0 heterocycles. The molecule has 2 unspecified atom stereocenters. The second kappa shape index (κ2) is 35.3. The summed E-state index contributed by atoms with van der Waals surface area (Å²) in [4.78, 5) is 39.7. The third-order valence-corrected chi connectivity index (χ3v) is 11.9. The number of carbonyl (C=O) groups excluding carboxylic acids is 3. The Balaban J connectivity index is 4.35. The highest BCUT2D eigenvalue weighted by molar-refractivity contribution is 5.70. The molecule has 0 aliphatic carbocycles. The van der Waals surface area contributed by atoms with Gasteiger partial charge in [0, 0.05) is 25.3 Å². The summed E-state index contributed by atoms with van der Waals surface area (Å²) in [6.45, 7) is 24.3. The maximum atomic E-state index is 12.8. The Hall–Kier alpha value is -1.63. The normalized spacial score (nSPS) is 13.7. The second-order valence-electron chi connectivity index (χ2n) is 19.1. The first-order valence-corrected chi connectivity index (χ1v) is 23.8. The minimum atomic E-state index is -0.0465. The van der Waals surface area contributed by atoms with Crippen LogP contribution in [-0.2, 0) is 28.6 Å². The summed E-state index contributed by atoms with van der Waals surface area (Å²) in [5, 5.41) is 0. The Morgan fingerprint density at radius 2 is 0.786 bits per heavy atom. The summed E-state index contributed by atoms with van der Waals surface area (Å²) in [6, 6.07) is 0.477. The van der Waals surface area contributed by atoms with Gasteiger partial charge in [-0.15, -0.1) is 0 Å². The number of esters is 3. The molecule has 0 N–H and O–H groups in total. The van der Waals surface area contributed by atoms with Gasteiger partial charge in [0.25, 0.3) is 0 Å². The first kappa shape index (κ1) is 54.4. The molecule has 0 amide bonds. The average molecular weight is 794 g/mol. The van der Waals surface area contributed by atoms with Crippen LogP contribution in [0.25, 0.3) is 0 Å². The monoisotopic (exact) mass is 794 g/mol. The lowest BCUT2D eigenvalue weighted by Crippen LogP contribution is -2.28. The predicted molar refractivity (Wildman–Crippen MR) is 237 cm³/mol. The largest absolute Gasteiger partial charge is 0.465 e. The Labute approximate surface area is 348 Å². The summed E-state index contributed by atoms with van der Waals surface area (Å²) in [6.07, 6.45) is 24.5. The molecule has 0 saturated carbocycles. The van der Waals surface area contributed by atoms with Gasteiger partial charge in [0.05, 0.1) is 13.2 Å². The Bertz CT molecular complexity index is 889. The maximum Gasteiger partial charge on any atom is 0.306 e. The van der Waals surface area contributed by atoms with Crippen LogP contribution in [0.2, 0.25) is 0 Å². The van der Waals surface area contributed by atoms with Crippen molar-refractivity contribution in [2.75, 3.05) is 26.8 Å². The van der Waals surface area contributed by atoms with Crippen LogP contribution in [0.15, 0.2) is 0 Å². The van der Waals surface area contributed by atoms with Crippen LogP contribution < -0.4 is 0 Å². The predicted octanol–water partition coefficient (Wildman–Crippen LogP) is 13.5. The number of hydrogen-bond acceptors (Lipinski definition) is 7. The van der Waals surface area contributed by atoms with Crippen LogP contribution in [0.1, 0.15) is 223 Å². The van der Waals surface area contributed by atoms with Gasteiger partial charge in [0.2, 0.25) is 0 Å². The van der Waals surface area contributed by atoms with Gasteiger partial charge in [-0.25, -0.2) is 0 Å². The van der Waals surface area contributed by atoms with Gasteiger partial charge in [-0.3, -0.25) is 14.4 Å². The third kappa shape index (κ3) is 33.4. The smallest absolute Gasteiger partial charge is 0.306 e. The molecule has 7 nitrogen and oxygen atoms in total. The van der Waals surface area contributed by atoms with E-state index in [0.29, 0.717) is 74.0 Å². The topological polar surface area (TPSA) is 82.1 Å². The first-order chi connectivity index (χ1) is 26.6. The SMILES string of the molecule is CC(C)CCC(COC(=O)CCCCCCCCCC(CCCCCCCCCC(=O)OCC(CCC(C)C)C(C)C)OC(=O)CCCN(C)C(C)C)C(C)C. The molecule has 0 aromatic rings. The molecule has 0 rings (SSSR count).